The van der Waals surface area contributed by atoms with Gasteiger partial charge in [0.25, 0.3) is 0 Å². The second-order valence-corrected chi connectivity index (χ2v) is 6.36. The van der Waals surface area contributed by atoms with Crippen molar-refractivity contribution >= 4 is 38.5 Å². The number of carbonyl (C=O) groups is 1. The first-order chi connectivity index (χ1) is 10.5. The molecule has 0 aliphatic rings. The molecule has 3 aromatic rings. The topological polar surface area (TPSA) is 42.2 Å². The molecule has 0 saturated heterocycles. The van der Waals surface area contributed by atoms with Crippen LogP contribution in [0.3, 0.4) is 0 Å². The van der Waals surface area contributed by atoms with Gasteiger partial charge in [-0.25, -0.2) is 0 Å². The number of amides is 1. The van der Waals surface area contributed by atoms with Gasteiger partial charge in [0, 0.05) is 21.1 Å². The van der Waals surface area contributed by atoms with Gasteiger partial charge in [-0.3, -0.25) is 4.79 Å². The Labute approximate surface area is 137 Å². The molecule has 0 atom stereocenters. The van der Waals surface area contributed by atoms with E-state index in [0.717, 1.165) is 37.8 Å². The van der Waals surface area contributed by atoms with Crippen molar-refractivity contribution in [1.82, 2.24) is 0 Å². The predicted molar refractivity (Wildman–Crippen MR) is 92.2 cm³/mol. The van der Waals surface area contributed by atoms with Crippen LogP contribution in [0.1, 0.15) is 16.7 Å². The number of anilines is 1. The van der Waals surface area contributed by atoms with E-state index in [1.165, 1.54) is 0 Å². The van der Waals surface area contributed by atoms with Crippen LogP contribution in [0, 0.1) is 13.8 Å². The lowest BCUT2D eigenvalue weighted by Crippen LogP contribution is -2.14. The zero-order valence-corrected chi connectivity index (χ0v) is 14.0. The average Bonchev–Trinajstić information content (AvgIpc) is 2.84. The van der Waals surface area contributed by atoms with E-state index >= 15 is 0 Å². The van der Waals surface area contributed by atoms with Gasteiger partial charge in [-0.05, 0) is 49.2 Å². The maximum atomic E-state index is 12.3. The number of carbonyl (C=O) groups excluding carboxylic acids is 1. The number of benzene rings is 2. The van der Waals surface area contributed by atoms with Gasteiger partial charge >= 0.3 is 0 Å². The quantitative estimate of drug-likeness (QED) is 0.716. The van der Waals surface area contributed by atoms with Crippen LogP contribution in [-0.2, 0) is 11.2 Å². The first-order valence-corrected chi connectivity index (χ1v) is 7.85. The zero-order chi connectivity index (χ0) is 15.7. The van der Waals surface area contributed by atoms with Crippen molar-refractivity contribution < 1.29 is 9.21 Å². The maximum absolute atomic E-state index is 12.3. The largest absolute Gasteiger partial charge is 0.464 e. The van der Waals surface area contributed by atoms with Gasteiger partial charge in [0.05, 0.1) is 12.7 Å². The van der Waals surface area contributed by atoms with E-state index in [1.807, 2.05) is 50.2 Å². The Kier molecular flexibility index (Phi) is 4.03. The normalized spacial score (nSPS) is 10.9. The monoisotopic (exact) mass is 357 g/mol. The summed E-state index contributed by atoms with van der Waals surface area (Å²) in [5.41, 5.74) is 4.72. The van der Waals surface area contributed by atoms with Crippen molar-refractivity contribution in [2.45, 2.75) is 20.3 Å². The van der Waals surface area contributed by atoms with Crippen LogP contribution in [-0.4, -0.2) is 5.91 Å². The third kappa shape index (κ3) is 3.07. The molecule has 0 aliphatic carbocycles. The average molecular weight is 358 g/mol. The van der Waals surface area contributed by atoms with Crippen LogP contribution in [0.5, 0.6) is 0 Å². The summed E-state index contributed by atoms with van der Waals surface area (Å²) in [5.74, 6) is -0.0475. The van der Waals surface area contributed by atoms with Crippen LogP contribution in [0.15, 0.2) is 51.6 Å². The van der Waals surface area contributed by atoms with Crippen molar-refractivity contribution in [2.24, 2.45) is 0 Å². The van der Waals surface area contributed by atoms with E-state index in [9.17, 15) is 4.79 Å². The Bertz CT molecular complexity index is 851. The molecule has 0 fully saturated rings. The summed E-state index contributed by atoms with van der Waals surface area (Å²) < 4.78 is 6.53. The molecule has 0 radical (unpaired) electrons. The highest BCUT2D eigenvalue weighted by atomic mass is 79.9. The molecule has 2 aromatic carbocycles. The highest BCUT2D eigenvalue weighted by molar-refractivity contribution is 9.10. The summed E-state index contributed by atoms with van der Waals surface area (Å²) >= 11 is 3.42. The van der Waals surface area contributed by atoms with Crippen molar-refractivity contribution in [3.63, 3.8) is 0 Å². The van der Waals surface area contributed by atoms with Crippen molar-refractivity contribution in [3.05, 3.63) is 63.8 Å². The molecule has 1 N–H and O–H groups in total. The van der Waals surface area contributed by atoms with E-state index in [0.29, 0.717) is 6.42 Å². The number of aryl methyl sites for hydroxylation is 2. The van der Waals surface area contributed by atoms with Crippen LogP contribution < -0.4 is 5.32 Å². The summed E-state index contributed by atoms with van der Waals surface area (Å²) in [6, 6.07) is 11.8. The molecule has 0 unspecified atom stereocenters. The Morgan fingerprint density at radius 1 is 1.18 bits per heavy atom. The minimum atomic E-state index is -0.0475. The maximum Gasteiger partial charge on any atom is 0.228 e. The number of rotatable bonds is 3. The van der Waals surface area contributed by atoms with E-state index < -0.39 is 0 Å². The molecule has 1 amide bonds. The van der Waals surface area contributed by atoms with E-state index in [4.69, 9.17) is 4.42 Å². The van der Waals surface area contributed by atoms with E-state index in [-0.39, 0.29) is 5.91 Å². The fraction of sp³-hybridized carbons (Fsp3) is 0.167. The summed E-state index contributed by atoms with van der Waals surface area (Å²) in [4.78, 5) is 12.3. The molecule has 1 aromatic heterocycles. The van der Waals surface area contributed by atoms with Gasteiger partial charge in [0.2, 0.25) is 5.91 Å². The molecule has 0 saturated carbocycles. The molecule has 112 valence electrons. The summed E-state index contributed by atoms with van der Waals surface area (Å²) in [6.45, 7) is 3.99. The standard InChI is InChI=1S/C18H16BrNO2/c1-11-3-5-15-13(10-22-17(15)7-11)9-18(21)20-16-6-4-14(19)8-12(16)2/h3-8,10H,9H2,1-2H3,(H,20,21). The van der Waals surface area contributed by atoms with Gasteiger partial charge in [0.1, 0.15) is 5.58 Å². The first-order valence-electron chi connectivity index (χ1n) is 7.05. The summed E-state index contributed by atoms with van der Waals surface area (Å²) in [7, 11) is 0. The van der Waals surface area contributed by atoms with Crippen LogP contribution in [0.2, 0.25) is 0 Å². The predicted octanol–water partition coefficient (Wildman–Crippen LogP) is 4.99. The Morgan fingerprint density at radius 2 is 2.00 bits per heavy atom. The van der Waals surface area contributed by atoms with Crippen LogP contribution in [0.4, 0.5) is 5.69 Å². The van der Waals surface area contributed by atoms with Gasteiger partial charge in [-0.1, -0.05) is 28.1 Å². The van der Waals surface area contributed by atoms with Crippen molar-refractivity contribution in [3.8, 4) is 0 Å². The second kappa shape index (κ2) is 5.97. The van der Waals surface area contributed by atoms with Gasteiger partial charge in [-0.15, -0.1) is 0 Å². The number of hydrogen-bond acceptors (Lipinski definition) is 2. The minimum Gasteiger partial charge on any atom is -0.464 e. The molecule has 0 bridgehead atoms. The van der Waals surface area contributed by atoms with Crippen LogP contribution in [0.25, 0.3) is 11.0 Å². The van der Waals surface area contributed by atoms with E-state index in [1.54, 1.807) is 6.26 Å². The first kappa shape index (κ1) is 14.9. The molecule has 4 heteroatoms. The smallest absolute Gasteiger partial charge is 0.228 e. The summed E-state index contributed by atoms with van der Waals surface area (Å²) in [5, 5.41) is 3.94. The molecular formula is C18H16BrNO2. The molecule has 3 rings (SSSR count). The Morgan fingerprint density at radius 3 is 2.77 bits per heavy atom. The highest BCUT2D eigenvalue weighted by Gasteiger charge is 2.11. The lowest BCUT2D eigenvalue weighted by Gasteiger charge is -2.08. The number of nitrogens with one attached hydrogen (secondary N) is 1. The van der Waals surface area contributed by atoms with Gasteiger partial charge in [-0.2, -0.15) is 0 Å². The number of hydrogen-bond donors (Lipinski definition) is 1. The van der Waals surface area contributed by atoms with Crippen LogP contribution >= 0.6 is 15.9 Å². The zero-order valence-electron chi connectivity index (χ0n) is 12.4. The molecular weight excluding hydrogens is 342 g/mol. The van der Waals surface area contributed by atoms with E-state index in [2.05, 4.69) is 21.2 Å². The summed E-state index contributed by atoms with van der Waals surface area (Å²) in [6.07, 6.45) is 1.96. The Balaban J connectivity index is 1.78. The lowest BCUT2D eigenvalue weighted by molar-refractivity contribution is -0.115. The number of furan rings is 1. The number of fused-ring (bicyclic) bond motifs is 1. The third-order valence-electron chi connectivity index (χ3n) is 3.62. The van der Waals surface area contributed by atoms with Crippen molar-refractivity contribution in [1.29, 1.82) is 0 Å². The fourth-order valence-corrected chi connectivity index (χ4v) is 2.94. The molecule has 1 heterocycles. The molecule has 0 spiro atoms. The molecule has 22 heavy (non-hydrogen) atoms. The minimum absolute atomic E-state index is 0.0475. The number of halogens is 1. The SMILES string of the molecule is Cc1ccc2c(CC(=O)Nc3ccc(Br)cc3C)coc2c1. The van der Waals surface area contributed by atoms with Gasteiger partial charge in [0.15, 0.2) is 0 Å². The molecule has 3 nitrogen and oxygen atoms in total. The molecule has 0 aliphatic heterocycles. The third-order valence-corrected chi connectivity index (χ3v) is 4.12. The van der Waals surface area contributed by atoms with Crippen molar-refractivity contribution in [2.75, 3.05) is 5.32 Å². The Hall–Kier alpha value is -2.07. The highest BCUT2D eigenvalue weighted by Crippen LogP contribution is 2.24. The lowest BCUT2D eigenvalue weighted by atomic mass is 10.1. The second-order valence-electron chi connectivity index (χ2n) is 5.44. The fourth-order valence-electron chi connectivity index (χ4n) is 2.46. The van der Waals surface area contributed by atoms with Gasteiger partial charge < -0.3 is 9.73 Å².